The molecule has 0 aliphatic heterocycles. The van der Waals surface area contributed by atoms with Crippen molar-refractivity contribution in [2.75, 3.05) is 39.6 Å². The standard InChI is InChI=1S/C19H23ClN4O3/c1-22(2)15-8-5-13(6-9-15)18(23(3)4)12-21-19(25)14-7-10-16(20)17(11-14)24(26)27/h5-11,18H,12H2,1-4H3,(H,21,25)/t18-/m0/s1. The quantitative estimate of drug-likeness (QED) is 0.579. The third kappa shape index (κ3) is 5.18. The van der Waals surface area contributed by atoms with E-state index in [1.807, 2.05) is 62.3 Å². The van der Waals surface area contributed by atoms with Gasteiger partial charge >= 0.3 is 0 Å². The van der Waals surface area contributed by atoms with Crippen molar-refractivity contribution in [3.05, 3.63) is 68.7 Å². The Bertz CT molecular complexity index is 822. The molecule has 144 valence electrons. The average molecular weight is 391 g/mol. The predicted molar refractivity (Wildman–Crippen MR) is 108 cm³/mol. The number of likely N-dealkylation sites (N-methyl/N-ethyl adjacent to an activating group) is 1. The highest BCUT2D eigenvalue weighted by Crippen LogP contribution is 2.25. The first-order chi connectivity index (χ1) is 12.7. The van der Waals surface area contributed by atoms with Gasteiger partial charge in [-0.25, -0.2) is 0 Å². The minimum absolute atomic E-state index is 0.00343. The molecule has 0 spiro atoms. The van der Waals surface area contributed by atoms with E-state index in [2.05, 4.69) is 5.32 Å². The molecule has 7 nitrogen and oxygen atoms in total. The van der Waals surface area contributed by atoms with Crippen LogP contribution in [0.1, 0.15) is 22.0 Å². The highest BCUT2D eigenvalue weighted by Gasteiger charge is 2.19. The van der Waals surface area contributed by atoms with E-state index in [1.165, 1.54) is 18.2 Å². The van der Waals surface area contributed by atoms with Crippen LogP contribution in [-0.4, -0.2) is 50.5 Å². The predicted octanol–water partition coefficient (Wildman–Crippen LogP) is 3.35. The summed E-state index contributed by atoms with van der Waals surface area (Å²) in [7, 11) is 7.82. The Balaban J connectivity index is 2.13. The number of nitro groups is 1. The summed E-state index contributed by atoms with van der Waals surface area (Å²) in [6, 6.07) is 12.1. The first-order valence-electron chi connectivity index (χ1n) is 8.36. The molecule has 0 saturated heterocycles. The topological polar surface area (TPSA) is 78.7 Å². The Labute approximate surface area is 163 Å². The number of halogens is 1. The summed E-state index contributed by atoms with van der Waals surface area (Å²) in [5.41, 5.74) is 2.07. The lowest BCUT2D eigenvalue weighted by Gasteiger charge is -2.25. The molecule has 0 heterocycles. The number of rotatable bonds is 7. The molecule has 0 fully saturated rings. The average Bonchev–Trinajstić information content (AvgIpc) is 2.62. The van der Waals surface area contributed by atoms with E-state index in [9.17, 15) is 14.9 Å². The Morgan fingerprint density at radius 1 is 1.15 bits per heavy atom. The highest BCUT2D eigenvalue weighted by molar-refractivity contribution is 6.32. The number of nitrogens with zero attached hydrogens (tertiary/aromatic N) is 3. The van der Waals surface area contributed by atoms with Gasteiger partial charge in [0.15, 0.2) is 0 Å². The number of benzene rings is 2. The summed E-state index contributed by atoms with van der Waals surface area (Å²) >= 11 is 5.80. The minimum Gasteiger partial charge on any atom is -0.378 e. The molecule has 0 saturated carbocycles. The summed E-state index contributed by atoms with van der Waals surface area (Å²) < 4.78 is 0. The van der Waals surface area contributed by atoms with Gasteiger partial charge in [0.2, 0.25) is 0 Å². The number of nitro benzene ring substituents is 1. The van der Waals surface area contributed by atoms with Gasteiger partial charge in [-0.1, -0.05) is 23.7 Å². The van der Waals surface area contributed by atoms with Gasteiger partial charge in [0.25, 0.3) is 11.6 Å². The molecule has 1 amide bonds. The second-order valence-electron chi connectivity index (χ2n) is 6.60. The number of amides is 1. The van der Waals surface area contributed by atoms with Gasteiger partial charge in [-0.3, -0.25) is 14.9 Å². The zero-order valence-electron chi connectivity index (χ0n) is 15.8. The molecule has 0 bridgehead atoms. The van der Waals surface area contributed by atoms with Crippen molar-refractivity contribution in [1.82, 2.24) is 10.2 Å². The number of nitrogens with one attached hydrogen (secondary N) is 1. The fourth-order valence-electron chi connectivity index (χ4n) is 2.68. The van der Waals surface area contributed by atoms with Gasteiger partial charge in [-0.05, 0) is 43.9 Å². The van der Waals surface area contributed by atoms with E-state index in [0.717, 1.165) is 11.3 Å². The lowest BCUT2D eigenvalue weighted by Crippen LogP contribution is -2.34. The Morgan fingerprint density at radius 3 is 2.30 bits per heavy atom. The molecule has 0 unspecified atom stereocenters. The van der Waals surface area contributed by atoms with Gasteiger partial charge in [-0.2, -0.15) is 0 Å². The molecule has 0 aliphatic carbocycles. The van der Waals surface area contributed by atoms with Crippen molar-refractivity contribution >= 4 is 28.9 Å². The van der Waals surface area contributed by atoms with Gasteiger partial charge in [0.1, 0.15) is 5.02 Å². The lowest BCUT2D eigenvalue weighted by atomic mass is 10.0. The number of hydrogen-bond acceptors (Lipinski definition) is 5. The van der Waals surface area contributed by atoms with Crippen molar-refractivity contribution in [1.29, 1.82) is 0 Å². The number of carbonyl (C=O) groups excluding carboxylic acids is 1. The second-order valence-corrected chi connectivity index (χ2v) is 7.01. The van der Waals surface area contributed by atoms with E-state index < -0.39 is 4.92 Å². The number of hydrogen-bond donors (Lipinski definition) is 1. The summed E-state index contributed by atoms with van der Waals surface area (Å²) in [5.74, 6) is -0.383. The van der Waals surface area contributed by atoms with Crippen molar-refractivity contribution in [2.24, 2.45) is 0 Å². The van der Waals surface area contributed by atoms with Crippen LogP contribution in [0.3, 0.4) is 0 Å². The van der Waals surface area contributed by atoms with Crippen molar-refractivity contribution in [3.63, 3.8) is 0 Å². The van der Waals surface area contributed by atoms with Crippen LogP contribution >= 0.6 is 11.6 Å². The normalized spacial score (nSPS) is 11.9. The van der Waals surface area contributed by atoms with Crippen molar-refractivity contribution in [2.45, 2.75) is 6.04 Å². The Kier molecular flexibility index (Phi) is 6.76. The first kappa shape index (κ1) is 20.7. The molecule has 0 radical (unpaired) electrons. The highest BCUT2D eigenvalue weighted by atomic mass is 35.5. The summed E-state index contributed by atoms with van der Waals surface area (Å²) in [6.45, 7) is 0.365. The molecular formula is C19H23ClN4O3. The maximum atomic E-state index is 12.4. The molecular weight excluding hydrogens is 368 g/mol. The SMILES string of the molecule is CN(C)c1ccc([C@H](CNC(=O)c2ccc(Cl)c([N+](=O)[O-])c2)N(C)C)cc1. The van der Waals surface area contributed by atoms with E-state index in [0.29, 0.717) is 6.54 Å². The van der Waals surface area contributed by atoms with Gasteiger partial charge in [0.05, 0.1) is 11.0 Å². The van der Waals surface area contributed by atoms with Crippen LogP contribution in [0, 0.1) is 10.1 Å². The largest absolute Gasteiger partial charge is 0.378 e. The van der Waals surface area contributed by atoms with E-state index in [1.54, 1.807) is 0 Å². The van der Waals surface area contributed by atoms with Gasteiger partial charge in [0, 0.05) is 38.0 Å². The second kappa shape index (κ2) is 8.83. The molecule has 0 aromatic heterocycles. The fraction of sp³-hybridized carbons (Fsp3) is 0.316. The molecule has 8 heteroatoms. The Hall–Kier alpha value is -2.64. The third-order valence-electron chi connectivity index (χ3n) is 4.28. The molecule has 2 aromatic carbocycles. The molecule has 1 N–H and O–H groups in total. The maximum Gasteiger partial charge on any atom is 0.288 e. The summed E-state index contributed by atoms with van der Waals surface area (Å²) in [6.07, 6.45) is 0. The molecule has 2 rings (SSSR count). The number of carbonyl (C=O) groups is 1. The smallest absolute Gasteiger partial charge is 0.288 e. The van der Waals surface area contributed by atoms with Crippen LogP contribution in [0.5, 0.6) is 0 Å². The zero-order valence-corrected chi connectivity index (χ0v) is 16.5. The van der Waals surface area contributed by atoms with Crippen molar-refractivity contribution < 1.29 is 9.72 Å². The molecule has 2 aromatic rings. The summed E-state index contributed by atoms with van der Waals surface area (Å²) in [4.78, 5) is 26.8. The van der Waals surface area contributed by atoms with Crippen LogP contribution in [0.15, 0.2) is 42.5 Å². The fourth-order valence-corrected chi connectivity index (χ4v) is 2.86. The van der Waals surface area contributed by atoms with Gasteiger partial charge < -0.3 is 15.1 Å². The van der Waals surface area contributed by atoms with Crippen LogP contribution in [0.25, 0.3) is 0 Å². The van der Waals surface area contributed by atoms with Crippen LogP contribution < -0.4 is 10.2 Å². The van der Waals surface area contributed by atoms with Crippen molar-refractivity contribution in [3.8, 4) is 0 Å². The van der Waals surface area contributed by atoms with Gasteiger partial charge in [-0.15, -0.1) is 0 Å². The van der Waals surface area contributed by atoms with E-state index >= 15 is 0 Å². The Morgan fingerprint density at radius 2 is 1.78 bits per heavy atom. The molecule has 1 atom stereocenters. The first-order valence-corrected chi connectivity index (χ1v) is 8.74. The van der Waals surface area contributed by atoms with E-state index in [-0.39, 0.29) is 28.2 Å². The lowest BCUT2D eigenvalue weighted by molar-refractivity contribution is -0.384. The van der Waals surface area contributed by atoms with Crippen LogP contribution in [0.4, 0.5) is 11.4 Å². The maximum absolute atomic E-state index is 12.4. The van der Waals surface area contributed by atoms with Crippen LogP contribution in [0.2, 0.25) is 5.02 Å². The monoisotopic (exact) mass is 390 g/mol. The van der Waals surface area contributed by atoms with Crippen LogP contribution in [-0.2, 0) is 0 Å². The zero-order chi connectivity index (χ0) is 20.1. The summed E-state index contributed by atoms with van der Waals surface area (Å²) in [5, 5.41) is 13.8. The number of anilines is 1. The minimum atomic E-state index is -0.603. The third-order valence-corrected chi connectivity index (χ3v) is 4.60. The molecule has 0 aliphatic rings. The molecule has 27 heavy (non-hydrogen) atoms. The van der Waals surface area contributed by atoms with E-state index in [4.69, 9.17) is 11.6 Å².